The van der Waals surface area contributed by atoms with Crippen LogP contribution in [0, 0.1) is 11.3 Å². The van der Waals surface area contributed by atoms with Crippen LogP contribution in [0.4, 0.5) is 11.8 Å². The van der Waals surface area contributed by atoms with Gasteiger partial charge in [-0.1, -0.05) is 17.3 Å². The first-order valence-electron chi connectivity index (χ1n) is 27.9. The van der Waals surface area contributed by atoms with Gasteiger partial charge in [-0.25, -0.2) is 34.4 Å². The largest absolute Gasteiger partial charge is 0.491 e. The summed E-state index contributed by atoms with van der Waals surface area (Å²) < 4.78 is 30.7. The summed E-state index contributed by atoms with van der Waals surface area (Å²) in [7, 11) is 0. The minimum Gasteiger partial charge on any atom is -0.491 e. The average molecular weight is 1150 g/mol. The van der Waals surface area contributed by atoms with Gasteiger partial charge in [0.05, 0.1) is 68.2 Å². The van der Waals surface area contributed by atoms with Crippen molar-refractivity contribution >= 4 is 41.2 Å². The van der Waals surface area contributed by atoms with Crippen LogP contribution in [-0.4, -0.2) is 199 Å². The Morgan fingerprint density at radius 1 is 0.774 bits per heavy atom. The van der Waals surface area contributed by atoms with Gasteiger partial charge in [-0.3, -0.25) is 29.0 Å². The van der Waals surface area contributed by atoms with Crippen molar-refractivity contribution in [1.29, 1.82) is 5.26 Å². The normalized spacial score (nSPS) is 17.2. The third-order valence-corrected chi connectivity index (χ3v) is 14.8. The number of hydrogen-bond acceptors (Lipinski definition) is 23. The molecule has 438 valence electrons. The summed E-state index contributed by atoms with van der Waals surface area (Å²) >= 11 is 0. The first-order valence-corrected chi connectivity index (χ1v) is 27.9. The maximum absolute atomic E-state index is 13.5. The van der Waals surface area contributed by atoms with E-state index in [0.29, 0.717) is 128 Å². The number of imide groups is 1. The smallest absolute Gasteiger partial charge is 0.365 e. The Morgan fingerprint density at radius 3 is 2.21 bits per heavy atom. The second-order valence-electron chi connectivity index (χ2n) is 21.0. The summed E-state index contributed by atoms with van der Waals surface area (Å²) in [5.74, 6) is 0.263. The van der Waals surface area contributed by atoms with Crippen molar-refractivity contribution in [2.45, 2.75) is 64.9 Å². The number of benzene rings is 1. The van der Waals surface area contributed by atoms with Crippen molar-refractivity contribution in [3.05, 3.63) is 120 Å². The number of carbonyl (C=O) groups is 5. The Balaban J connectivity index is 0.555. The molecule has 84 heavy (non-hydrogen) atoms. The Labute approximate surface area is 484 Å². The molecule has 0 bridgehead atoms. The van der Waals surface area contributed by atoms with Crippen molar-refractivity contribution in [3.63, 3.8) is 0 Å². The zero-order chi connectivity index (χ0) is 58.6. The second-order valence-corrected chi connectivity index (χ2v) is 21.0. The number of nitrogens with zero attached hydrogens (tertiary/aromatic N) is 15. The Bertz CT molecular complexity index is 3330. The molecular formula is C58H65N15O11. The molecule has 0 radical (unpaired) electrons. The number of hydroxylamine groups is 2. The summed E-state index contributed by atoms with van der Waals surface area (Å²) in [4.78, 5) is 101. The molecule has 3 amide bonds. The fraction of sp³-hybridized carbons (Fsp3) is 0.431. The minimum absolute atomic E-state index is 0.00761. The quantitative estimate of drug-likeness (QED) is 0.0582. The predicted molar refractivity (Wildman–Crippen MR) is 299 cm³/mol. The fourth-order valence-electron chi connectivity index (χ4n) is 10.1. The van der Waals surface area contributed by atoms with Gasteiger partial charge in [-0.2, -0.15) is 5.26 Å². The third-order valence-electron chi connectivity index (χ3n) is 14.8. The lowest BCUT2D eigenvalue weighted by molar-refractivity contribution is -0.172. The molecule has 5 aromatic heterocycles. The highest BCUT2D eigenvalue weighted by molar-refractivity contribution is 6.13. The van der Waals surface area contributed by atoms with Gasteiger partial charge in [0.2, 0.25) is 17.7 Å². The highest BCUT2D eigenvalue weighted by atomic mass is 16.7. The number of nitriles is 1. The van der Waals surface area contributed by atoms with Gasteiger partial charge in [0.1, 0.15) is 47.9 Å². The van der Waals surface area contributed by atoms with Crippen molar-refractivity contribution in [1.82, 2.24) is 59.7 Å². The maximum atomic E-state index is 13.5. The number of rotatable bonds is 25. The Morgan fingerprint density at radius 2 is 1.50 bits per heavy atom. The summed E-state index contributed by atoms with van der Waals surface area (Å²) in [5, 5.41) is 18.5. The Hall–Kier alpha value is -8.87. The van der Waals surface area contributed by atoms with E-state index in [2.05, 4.69) is 51.0 Å². The Kier molecular flexibility index (Phi) is 18.8. The van der Waals surface area contributed by atoms with Crippen LogP contribution in [0.15, 0.2) is 91.6 Å². The zero-order valence-electron chi connectivity index (χ0n) is 47.1. The van der Waals surface area contributed by atoms with Crippen LogP contribution < -0.4 is 19.3 Å². The average Bonchev–Trinajstić information content (AvgIpc) is 4.34. The minimum atomic E-state index is -0.878. The summed E-state index contributed by atoms with van der Waals surface area (Å²) in [6.07, 6.45) is 8.00. The number of Topliss-reactive ketones (excluding diaryl/α,β-unsaturated/α-hetero) is 1. The fourth-order valence-corrected chi connectivity index (χ4v) is 10.1. The van der Waals surface area contributed by atoms with Crippen LogP contribution in [0.2, 0.25) is 0 Å². The molecule has 0 N–H and O–H groups in total. The van der Waals surface area contributed by atoms with Gasteiger partial charge < -0.3 is 43.2 Å². The van der Waals surface area contributed by atoms with E-state index in [1.165, 1.54) is 23.0 Å². The predicted octanol–water partition coefficient (Wildman–Crippen LogP) is 3.77. The standard InChI is InChI=1S/C58H65N15O11/c1-40-35-69(57-62-33-43(34-63-57)48-11-10-47-54(77)58(2,3)72(55(47)64-48)36-42-6-5-15-60-49(42)31-59)20-21-71(40)53(76)38-70-37-44(65-66-70)39-81-27-26-79-24-22-67-16-18-68(19-17-67)23-25-80-28-29-82-45-7-4-8-46(30-45)83-50-12-9-41(32-61-50)56(78)84-73-51(74)13-14-52(73)75/h4-12,15,30,32-34,37,40H,13-14,16-29,35-36,38-39H2,1-3H3/t40-/m1/s1. The molecule has 3 fully saturated rings. The lowest BCUT2D eigenvalue weighted by Crippen LogP contribution is -2.55. The SMILES string of the molecule is C[C@@H]1CN(c2ncc(-c3ccc4c(n3)N(Cc3cccnc3C#N)C(C)(C)C4=O)cn2)CCN1C(=O)Cn1cc(COCCOCCN2CCN(CCOCCOc3cccc(Oc4ccc(C(=O)ON5C(=O)CCC5=O)cn4)c3)CC2)nn1. The van der Waals surface area contributed by atoms with Gasteiger partial charge in [0.25, 0.3) is 11.8 Å². The molecule has 0 unspecified atom stereocenters. The van der Waals surface area contributed by atoms with E-state index in [1.807, 2.05) is 42.7 Å². The van der Waals surface area contributed by atoms with Crippen molar-refractivity contribution in [3.8, 4) is 34.7 Å². The van der Waals surface area contributed by atoms with E-state index in [9.17, 15) is 29.2 Å². The van der Waals surface area contributed by atoms with E-state index < -0.39 is 23.3 Å². The molecule has 4 aliphatic heterocycles. The first kappa shape index (κ1) is 58.3. The number of amides is 3. The molecule has 26 nitrogen and oxygen atoms in total. The van der Waals surface area contributed by atoms with E-state index >= 15 is 0 Å². The molecule has 0 aliphatic carbocycles. The number of ketones is 1. The molecule has 1 atom stereocenters. The van der Waals surface area contributed by atoms with Crippen LogP contribution in [0.1, 0.15) is 71.3 Å². The number of aromatic nitrogens is 8. The van der Waals surface area contributed by atoms with Gasteiger partial charge in [0, 0.05) is 132 Å². The number of hydrogen-bond donors (Lipinski definition) is 0. The highest BCUT2D eigenvalue weighted by Crippen LogP contribution is 2.40. The molecule has 3 saturated heterocycles. The zero-order valence-corrected chi connectivity index (χ0v) is 47.1. The van der Waals surface area contributed by atoms with Crippen LogP contribution in [0.3, 0.4) is 0 Å². The topological polar surface area (TPSA) is 279 Å². The number of carbonyl (C=O) groups excluding carboxylic acids is 5. The van der Waals surface area contributed by atoms with Gasteiger partial charge in [-0.15, -0.1) is 10.2 Å². The van der Waals surface area contributed by atoms with Gasteiger partial charge >= 0.3 is 5.97 Å². The number of ether oxygens (including phenoxy) is 5. The van der Waals surface area contributed by atoms with E-state index in [1.54, 1.807) is 61.2 Å². The molecule has 26 heteroatoms. The number of pyridine rings is 3. The third kappa shape index (κ3) is 14.3. The van der Waals surface area contributed by atoms with Crippen LogP contribution in [0.5, 0.6) is 17.4 Å². The molecule has 6 aromatic rings. The molecule has 0 saturated carbocycles. The van der Waals surface area contributed by atoms with Crippen LogP contribution >= 0.6 is 0 Å². The molecule has 4 aliphatic rings. The molecular weight excluding hydrogens is 1080 g/mol. The van der Waals surface area contributed by atoms with Crippen molar-refractivity contribution in [2.24, 2.45) is 0 Å². The molecule has 0 spiro atoms. The summed E-state index contributed by atoms with van der Waals surface area (Å²) in [6, 6.07) is 19.2. The van der Waals surface area contributed by atoms with Crippen LogP contribution in [0.25, 0.3) is 11.3 Å². The summed E-state index contributed by atoms with van der Waals surface area (Å²) in [6.45, 7) is 16.1. The summed E-state index contributed by atoms with van der Waals surface area (Å²) in [5.41, 5.74) is 2.63. The van der Waals surface area contributed by atoms with Gasteiger partial charge in [-0.05, 0) is 57.2 Å². The second kappa shape index (κ2) is 27.0. The monoisotopic (exact) mass is 1150 g/mol. The maximum Gasteiger partial charge on any atom is 0.365 e. The number of fused-ring (bicyclic) bond motifs is 1. The van der Waals surface area contributed by atoms with E-state index in [-0.39, 0.29) is 55.2 Å². The van der Waals surface area contributed by atoms with Crippen LogP contribution in [-0.2, 0) is 53.1 Å². The number of anilines is 2. The van der Waals surface area contributed by atoms with E-state index in [4.69, 9.17) is 33.5 Å². The van der Waals surface area contributed by atoms with Crippen molar-refractivity contribution in [2.75, 3.05) is 108 Å². The molecule has 1 aromatic carbocycles. The molecule has 10 rings (SSSR count). The highest BCUT2D eigenvalue weighted by Gasteiger charge is 2.45. The van der Waals surface area contributed by atoms with E-state index in [0.717, 1.165) is 39.3 Å². The number of piperazine rings is 2. The van der Waals surface area contributed by atoms with Crippen molar-refractivity contribution < 1.29 is 52.5 Å². The molecule has 9 heterocycles. The van der Waals surface area contributed by atoms with Gasteiger partial charge in [0.15, 0.2) is 5.78 Å². The lowest BCUT2D eigenvalue weighted by atomic mass is 9.97. The first-order chi connectivity index (χ1) is 40.8. The lowest BCUT2D eigenvalue weighted by Gasteiger charge is -2.39.